The number of aromatic hydroxyl groups is 1. The molecule has 0 aliphatic heterocycles. The minimum absolute atomic E-state index is 0.184. The topological polar surface area (TPSA) is 32.7 Å². The van der Waals surface area contributed by atoms with Crippen molar-refractivity contribution in [3.63, 3.8) is 0 Å². The van der Waals surface area contributed by atoms with Crippen LogP contribution in [0.15, 0.2) is 23.1 Å². The van der Waals surface area contributed by atoms with Gasteiger partial charge in [-0.1, -0.05) is 30.0 Å². The van der Waals surface area contributed by atoms with E-state index in [1.165, 1.54) is 11.8 Å². The number of rotatable bonds is 2. The van der Waals surface area contributed by atoms with Crippen molar-refractivity contribution in [2.24, 2.45) is 0 Å². The lowest BCUT2D eigenvalue weighted by Gasteiger charge is -2.15. The normalized spacial score (nSPS) is 9.80. The molecule has 0 aliphatic rings. The van der Waals surface area contributed by atoms with Crippen LogP contribution in [0.25, 0.3) is 0 Å². The molecular formula is C10H13NO2S2. The fourth-order valence-electron chi connectivity index (χ4n) is 0.946. The molecule has 0 bridgehead atoms. The Morgan fingerprint density at radius 2 is 2.13 bits per heavy atom. The number of phenols is 1. The van der Waals surface area contributed by atoms with Gasteiger partial charge in [0.05, 0.1) is 12.0 Å². The van der Waals surface area contributed by atoms with Crippen molar-refractivity contribution in [1.82, 2.24) is 4.90 Å². The Hall–Kier alpha value is -0.940. The van der Waals surface area contributed by atoms with Gasteiger partial charge in [0.15, 0.2) is 0 Å². The van der Waals surface area contributed by atoms with Gasteiger partial charge in [-0.05, 0) is 12.1 Å². The summed E-state index contributed by atoms with van der Waals surface area (Å²) < 4.78 is 5.82. The van der Waals surface area contributed by atoms with Gasteiger partial charge in [0, 0.05) is 14.1 Å². The predicted octanol–water partition coefficient (Wildman–Crippen LogP) is 2.34. The first-order valence-electron chi connectivity index (χ1n) is 4.31. The Labute approximate surface area is 99.0 Å². The van der Waals surface area contributed by atoms with Crippen LogP contribution >= 0.6 is 24.0 Å². The van der Waals surface area contributed by atoms with Crippen LogP contribution in [-0.2, 0) is 0 Å². The molecule has 15 heavy (non-hydrogen) atoms. The van der Waals surface area contributed by atoms with E-state index in [-0.39, 0.29) is 5.75 Å². The molecule has 3 nitrogen and oxygen atoms in total. The van der Waals surface area contributed by atoms with E-state index >= 15 is 0 Å². The van der Waals surface area contributed by atoms with E-state index in [1.54, 1.807) is 25.3 Å². The molecule has 5 heteroatoms. The second kappa shape index (κ2) is 5.23. The number of benzene rings is 1. The summed E-state index contributed by atoms with van der Waals surface area (Å²) in [7, 11) is 5.29. The highest BCUT2D eigenvalue weighted by molar-refractivity contribution is 8.23. The first-order valence-corrected chi connectivity index (χ1v) is 5.54. The van der Waals surface area contributed by atoms with Crippen molar-refractivity contribution in [2.75, 3.05) is 21.2 Å². The van der Waals surface area contributed by atoms with Crippen molar-refractivity contribution >= 4 is 28.3 Å². The van der Waals surface area contributed by atoms with Gasteiger partial charge in [-0.15, -0.1) is 0 Å². The fraction of sp³-hybridized carbons (Fsp3) is 0.300. The smallest absolute Gasteiger partial charge is 0.140 e. The van der Waals surface area contributed by atoms with Gasteiger partial charge in [-0.3, -0.25) is 0 Å². The first kappa shape index (κ1) is 12.1. The van der Waals surface area contributed by atoms with Gasteiger partial charge in [-0.25, -0.2) is 0 Å². The molecule has 0 spiro atoms. The number of methoxy groups -OCH3 is 1. The van der Waals surface area contributed by atoms with E-state index in [0.717, 1.165) is 0 Å². The van der Waals surface area contributed by atoms with Crippen molar-refractivity contribution in [3.8, 4) is 11.5 Å². The Morgan fingerprint density at radius 3 is 2.67 bits per heavy atom. The zero-order valence-electron chi connectivity index (χ0n) is 8.85. The predicted molar refractivity (Wildman–Crippen MR) is 66.8 cm³/mol. The molecule has 0 amide bonds. The zero-order chi connectivity index (χ0) is 11.4. The van der Waals surface area contributed by atoms with E-state index in [4.69, 9.17) is 17.0 Å². The molecule has 0 saturated carbocycles. The third kappa shape index (κ3) is 3.00. The lowest BCUT2D eigenvalue weighted by atomic mass is 10.3. The maximum Gasteiger partial charge on any atom is 0.140 e. The molecule has 82 valence electrons. The summed E-state index contributed by atoms with van der Waals surface area (Å²) in [5.74, 6) is 0.813. The molecule has 0 atom stereocenters. The maximum atomic E-state index is 9.67. The van der Waals surface area contributed by atoms with Crippen LogP contribution in [-0.4, -0.2) is 35.5 Å². The van der Waals surface area contributed by atoms with Crippen molar-refractivity contribution in [3.05, 3.63) is 18.2 Å². The molecule has 0 radical (unpaired) electrons. The lowest BCUT2D eigenvalue weighted by Crippen LogP contribution is -2.15. The number of phenolic OH excluding ortho intramolecular Hbond substituents is 1. The van der Waals surface area contributed by atoms with Gasteiger partial charge >= 0.3 is 0 Å². The minimum atomic E-state index is 0.184. The number of thiocarbonyl (C=S) groups is 1. The van der Waals surface area contributed by atoms with Crippen LogP contribution in [0.3, 0.4) is 0 Å². The standard InChI is InChI=1S/C10H13NO2S2/c1-11(2)10(14)15-9-7(12)5-4-6-8(9)13-3/h4-6,12H,1-3H3. The van der Waals surface area contributed by atoms with Crippen LogP contribution in [0.4, 0.5) is 0 Å². The molecule has 1 rings (SSSR count). The molecule has 0 fully saturated rings. The number of nitrogens with zero attached hydrogens (tertiary/aromatic N) is 1. The van der Waals surface area contributed by atoms with Gasteiger partial charge in [-0.2, -0.15) is 0 Å². The molecule has 1 N–H and O–H groups in total. The molecule has 0 aromatic heterocycles. The van der Waals surface area contributed by atoms with Gasteiger partial charge in [0.1, 0.15) is 15.8 Å². The van der Waals surface area contributed by atoms with E-state index in [9.17, 15) is 5.11 Å². The largest absolute Gasteiger partial charge is 0.507 e. The van der Waals surface area contributed by atoms with Crippen LogP contribution in [0.1, 0.15) is 0 Å². The SMILES string of the molecule is COc1cccc(O)c1SC(=S)N(C)C. The van der Waals surface area contributed by atoms with Crippen LogP contribution in [0.5, 0.6) is 11.5 Å². The average Bonchev–Trinajstić information content (AvgIpc) is 2.20. The Bertz CT molecular complexity index is 366. The molecule has 0 saturated heterocycles. The van der Waals surface area contributed by atoms with E-state index in [1.807, 2.05) is 19.0 Å². The summed E-state index contributed by atoms with van der Waals surface area (Å²) in [6, 6.07) is 5.14. The highest BCUT2D eigenvalue weighted by atomic mass is 32.2. The highest BCUT2D eigenvalue weighted by Crippen LogP contribution is 2.37. The second-order valence-corrected chi connectivity index (χ2v) is 4.72. The summed E-state index contributed by atoms with van der Waals surface area (Å²) in [5, 5.41) is 9.67. The van der Waals surface area contributed by atoms with Crippen LogP contribution in [0.2, 0.25) is 0 Å². The third-order valence-electron chi connectivity index (χ3n) is 1.73. The van der Waals surface area contributed by atoms with Crippen molar-refractivity contribution in [2.45, 2.75) is 4.90 Å². The molecule has 0 unspecified atom stereocenters. The number of thioether (sulfide) groups is 1. The molecule has 0 aliphatic carbocycles. The molecule has 1 aromatic rings. The van der Waals surface area contributed by atoms with Gasteiger partial charge in [0.25, 0.3) is 0 Å². The maximum absolute atomic E-state index is 9.67. The highest BCUT2D eigenvalue weighted by Gasteiger charge is 2.12. The Morgan fingerprint density at radius 1 is 1.47 bits per heavy atom. The quantitative estimate of drug-likeness (QED) is 0.637. The summed E-state index contributed by atoms with van der Waals surface area (Å²) in [4.78, 5) is 2.46. The fourth-order valence-corrected chi connectivity index (χ4v) is 1.98. The second-order valence-electron chi connectivity index (χ2n) is 3.07. The summed E-state index contributed by atoms with van der Waals surface area (Å²) in [6.45, 7) is 0. The Kier molecular flexibility index (Phi) is 4.23. The van der Waals surface area contributed by atoms with Gasteiger partial charge in [0.2, 0.25) is 0 Å². The number of hydrogen-bond acceptors (Lipinski definition) is 4. The minimum Gasteiger partial charge on any atom is -0.507 e. The van der Waals surface area contributed by atoms with E-state index in [2.05, 4.69) is 0 Å². The zero-order valence-corrected chi connectivity index (χ0v) is 10.5. The Balaban J connectivity index is 2.97. The molecule has 1 aromatic carbocycles. The first-order chi connectivity index (χ1) is 7.06. The summed E-state index contributed by atoms with van der Waals surface area (Å²) >= 11 is 6.46. The number of hydrogen-bond donors (Lipinski definition) is 1. The van der Waals surface area contributed by atoms with E-state index in [0.29, 0.717) is 15.0 Å². The summed E-state index contributed by atoms with van der Waals surface area (Å²) in [5.41, 5.74) is 0. The number of ether oxygens (including phenoxy) is 1. The van der Waals surface area contributed by atoms with Crippen LogP contribution < -0.4 is 4.74 Å². The van der Waals surface area contributed by atoms with Gasteiger partial charge < -0.3 is 14.7 Å². The van der Waals surface area contributed by atoms with E-state index < -0.39 is 0 Å². The van der Waals surface area contributed by atoms with Crippen molar-refractivity contribution in [1.29, 1.82) is 0 Å². The van der Waals surface area contributed by atoms with Crippen LogP contribution in [0, 0.1) is 0 Å². The monoisotopic (exact) mass is 243 g/mol. The van der Waals surface area contributed by atoms with Crippen molar-refractivity contribution < 1.29 is 9.84 Å². The molecular weight excluding hydrogens is 230 g/mol. The molecule has 0 heterocycles. The third-order valence-corrected chi connectivity index (χ3v) is 3.50. The average molecular weight is 243 g/mol. The lowest BCUT2D eigenvalue weighted by molar-refractivity contribution is 0.392. The summed E-state index contributed by atoms with van der Waals surface area (Å²) in [6.07, 6.45) is 0.